The van der Waals surface area contributed by atoms with Crippen molar-refractivity contribution in [2.75, 3.05) is 0 Å². The zero-order valence-electron chi connectivity index (χ0n) is 9.27. The van der Waals surface area contributed by atoms with E-state index in [-0.39, 0.29) is 5.92 Å². The third-order valence-electron chi connectivity index (χ3n) is 2.24. The molecule has 0 radical (unpaired) electrons. The van der Waals surface area contributed by atoms with Gasteiger partial charge in [0.15, 0.2) is 0 Å². The molecular weight excluding hydrogens is 206 g/mol. The Hall–Kier alpha value is -1.84. The number of aliphatic carboxylic acids is 1. The van der Waals surface area contributed by atoms with Gasteiger partial charge in [0.05, 0.1) is 12.0 Å². The van der Waals surface area contributed by atoms with E-state index in [2.05, 4.69) is 5.32 Å². The molecule has 86 valence electrons. The Morgan fingerprint density at radius 2 is 1.75 bits per heavy atom. The van der Waals surface area contributed by atoms with E-state index >= 15 is 0 Å². The predicted octanol–water partition coefficient (Wildman–Crippen LogP) is 0.191. The van der Waals surface area contributed by atoms with Crippen LogP contribution in [0.4, 0.5) is 0 Å². The Balaban J connectivity index is 2.74. The summed E-state index contributed by atoms with van der Waals surface area (Å²) in [5.74, 6) is -1.87. The molecule has 4 nitrogen and oxygen atoms in total. The van der Waals surface area contributed by atoms with Gasteiger partial charge in [-0.3, -0.25) is 4.79 Å². The number of benzene rings is 1. The second kappa shape index (κ2) is 5.30. The van der Waals surface area contributed by atoms with Gasteiger partial charge in [0, 0.05) is 5.56 Å². The van der Waals surface area contributed by atoms with Crippen LogP contribution in [0.5, 0.6) is 0 Å². The van der Waals surface area contributed by atoms with Crippen molar-refractivity contribution in [3.05, 3.63) is 35.9 Å². The second-order valence-corrected chi connectivity index (χ2v) is 3.88. The highest BCUT2D eigenvalue weighted by Crippen LogP contribution is 2.04. The molecule has 1 N–H and O–H groups in total. The van der Waals surface area contributed by atoms with Crippen molar-refractivity contribution in [3.63, 3.8) is 0 Å². The maximum absolute atomic E-state index is 11.7. The van der Waals surface area contributed by atoms with Crippen LogP contribution in [0, 0.1) is 5.92 Å². The van der Waals surface area contributed by atoms with Gasteiger partial charge in [-0.2, -0.15) is 0 Å². The summed E-state index contributed by atoms with van der Waals surface area (Å²) in [7, 11) is 0. The molecular formula is C12H14NO3-. The Kier molecular flexibility index (Phi) is 4.05. The first kappa shape index (κ1) is 12.2. The maximum atomic E-state index is 11.7. The number of carboxylic acid groups (broad SMARTS) is 1. The number of hydrogen-bond acceptors (Lipinski definition) is 3. The van der Waals surface area contributed by atoms with E-state index in [9.17, 15) is 14.7 Å². The fourth-order valence-electron chi connectivity index (χ4n) is 1.31. The molecule has 1 atom stereocenters. The van der Waals surface area contributed by atoms with Gasteiger partial charge >= 0.3 is 0 Å². The molecule has 0 saturated carbocycles. The Labute approximate surface area is 94.3 Å². The molecule has 0 heterocycles. The summed E-state index contributed by atoms with van der Waals surface area (Å²) in [5, 5.41) is 13.2. The number of nitrogens with one attached hydrogen (secondary N) is 1. The summed E-state index contributed by atoms with van der Waals surface area (Å²) in [5.41, 5.74) is 0.439. The lowest BCUT2D eigenvalue weighted by atomic mass is 10.0. The lowest BCUT2D eigenvalue weighted by Gasteiger charge is -2.23. The molecule has 0 bridgehead atoms. The average molecular weight is 220 g/mol. The van der Waals surface area contributed by atoms with E-state index in [0.29, 0.717) is 5.56 Å². The van der Waals surface area contributed by atoms with E-state index < -0.39 is 17.9 Å². The van der Waals surface area contributed by atoms with Crippen molar-refractivity contribution in [1.29, 1.82) is 0 Å². The SMILES string of the molecule is CC(C)[C@H](NC(=O)c1ccccc1)C(=O)[O-]. The third-order valence-corrected chi connectivity index (χ3v) is 2.24. The highest BCUT2D eigenvalue weighted by Gasteiger charge is 2.17. The van der Waals surface area contributed by atoms with Crippen molar-refractivity contribution in [2.24, 2.45) is 5.92 Å². The average Bonchev–Trinajstić information content (AvgIpc) is 2.25. The third kappa shape index (κ3) is 3.08. The van der Waals surface area contributed by atoms with Gasteiger partial charge in [-0.05, 0) is 18.1 Å². The summed E-state index contributed by atoms with van der Waals surface area (Å²) < 4.78 is 0. The van der Waals surface area contributed by atoms with Gasteiger partial charge in [-0.25, -0.2) is 0 Å². The normalized spacial score (nSPS) is 12.2. The van der Waals surface area contributed by atoms with Crippen molar-refractivity contribution in [2.45, 2.75) is 19.9 Å². The van der Waals surface area contributed by atoms with E-state index in [0.717, 1.165) is 0 Å². The topological polar surface area (TPSA) is 69.2 Å². The molecule has 1 rings (SSSR count). The minimum absolute atomic E-state index is 0.210. The van der Waals surface area contributed by atoms with E-state index in [1.165, 1.54) is 0 Å². The standard InChI is InChI=1S/C12H15NO3/c1-8(2)10(12(15)16)13-11(14)9-6-4-3-5-7-9/h3-8,10H,1-2H3,(H,13,14)(H,15,16)/p-1/t10-/m0/s1. The van der Waals surface area contributed by atoms with Crippen LogP contribution in [0.3, 0.4) is 0 Å². The van der Waals surface area contributed by atoms with Crippen LogP contribution in [-0.4, -0.2) is 17.9 Å². The molecule has 16 heavy (non-hydrogen) atoms. The molecule has 0 unspecified atom stereocenters. The lowest BCUT2D eigenvalue weighted by Crippen LogP contribution is -2.50. The van der Waals surface area contributed by atoms with E-state index in [4.69, 9.17) is 0 Å². The lowest BCUT2D eigenvalue weighted by molar-refractivity contribution is -0.309. The molecule has 1 amide bonds. The fraction of sp³-hybridized carbons (Fsp3) is 0.333. The van der Waals surface area contributed by atoms with Crippen LogP contribution in [0.2, 0.25) is 0 Å². The zero-order valence-corrected chi connectivity index (χ0v) is 9.27. The van der Waals surface area contributed by atoms with Crippen molar-refractivity contribution in [3.8, 4) is 0 Å². The number of carbonyl (C=O) groups is 2. The molecule has 0 aliphatic heterocycles. The highest BCUT2D eigenvalue weighted by molar-refractivity contribution is 5.96. The zero-order chi connectivity index (χ0) is 12.1. The van der Waals surface area contributed by atoms with Crippen LogP contribution in [-0.2, 0) is 4.79 Å². The van der Waals surface area contributed by atoms with Crippen LogP contribution in [0.15, 0.2) is 30.3 Å². The number of rotatable bonds is 4. The van der Waals surface area contributed by atoms with Crippen LogP contribution in [0.25, 0.3) is 0 Å². The van der Waals surface area contributed by atoms with Gasteiger partial charge in [0.1, 0.15) is 0 Å². The monoisotopic (exact) mass is 220 g/mol. The van der Waals surface area contributed by atoms with Gasteiger partial charge in [-0.15, -0.1) is 0 Å². The first-order valence-corrected chi connectivity index (χ1v) is 5.09. The summed E-state index contributed by atoms with van der Waals surface area (Å²) >= 11 is 0. The molecule has 0 aliphatic carbocycles. The van der Waals surface area contributed by atoms with Crippen LogP contribution in [0.1, 0.15) is 24.2 Å². The molecule has 0 fully saturated rings. The number of carbonyl (C=O) groups excluding carboxylic acids is 2. The Bertz CT molecular complexity index is 373. The molecule has 0 spiro atoms. The number of amides is 1. The Morgan fingerprint density at radius 1 is 1.19 bits per heavy atom. The molecule has 1 aromatic rings. The number of hydrogen-bond donors (Lipinski definition) is 1. The minimum Gasteiger partial charge on any atom is -0.548 e. The van der Waals surface area contributed by atoms with E-state index in [1.807, 2.05) is 0 Å². The molecule has 0 aliphatic rings. The summed E-state index contributed by atoms with van der Waals surface area (Å²) in [6, 6.07) is 7.52. The number of carboxylic acids is 1. The smallest absolute Gasteiger partial charge is 0.251 e. The maximum Gasteiger partial charge on any atom is 0.251 e. The molecule has 1 aromatic carbocycles. The van der Waals surface area contributed by atoms with Gasteiger partial charge in [0.2, 0.25) is 0 Å². The Morgan fingerprint density at radius 3 is 2.19 bits per heavy atom. The predicted molar refractivity (Wildman–Crippen MR) is 57.5 cm³/mol. The summed E-state index contributed by atoms with van der Waals surface area (Å²) in [6.45, 7) is 3.43. The van der Waals surface area contributed by atoms with Crippen LogP contribution >= 0.6 is 0 Å². The quantitative estimate of drug-likeness (QED) is 0.787. The molecule has 4 heteroatoms. The largest absolute Gasteiger partial charge is 0.548 e. The summed E-state index contributed by atoms with van der Waals surface area (Å²) in [4.78, 5) is 22.4. The van der Waals surface area contributed by atoms with Crippen molar-refractivity contribution < 1.29 is 14.7 Å². The fourth-order valence-corrected chi connectivity index (χ4v) is 1.31. The van der Waals surface area contributed by atoms with Gasteiger partial charge in [0.25, 0.3) is 5.91 Å². The second-order valence-electron chi connectivity index (χ2n) is 3.88. The van der Waals surface area contributed by atoms with Crippen LogP contribution < -0.4 is 10.4 Å². The van der Waals surface area contributed by atoms with E-state index in [1.54, 1.807) is 44.2 Å². The van der Waals surface area contributed by atoms with Crippen molar-refractivity contribution in [1.82, 2.24) is 5.32 Å². The van der Waals surface area contributed by atoms with Crippen molar-refractivity contribution >= 4 is 11.9 Å². The highest BCUT2D eigenvalue weighted by atomic mass is 16.4. The molecule has 0 aromatic heterocycles. The summed E-state index contributed by atoms with van der Waals surface area (Å²) in [6.07, 6.45) is 0. The minimum atomic E-state index is -1.26. The molecule has 0 saturated heterocycles. The first-order valence-electron chi connectivity index (χ1n) is 5.09. The first-order chi connectivity index (χ1) is 7.52. The van der Waals surface area contributed by atoms with Gasteiger partial charge < -0.3 is 15.2 Å². The van der Waals surface area contributed by atoms with Gasteiger partial charge in [-0.1, -0.05) is 32.0 Å².